The third kappa shape index (κ3) is 3.65. The maximum Gasteiger partial charge on any atom is 0.252 e. The second-order valence-corrected chi connectivity index (χ2v) is 5.78. The van der Waals surface area contributed by atoms with Crippen LogP contribution in [0.15, 0.2) is 24.3 Å². The normalized spacial score (nSPS) is 11.3. The van der Waals surface area contributed by atoms with Gasteiger partial charge in [0, 0.05) is 16.2 Å². The lowest BCUT2D eigenvalue weighted by Gasteiger charge is -1.99. The van der Waals surface area contributed by atoms with E-state index in [1.807, 2.05) is 0 Å². The Kier molecular flexibility index (Phi) is 3.53. The minimum atomic E-state index is -3.60. The van der Waals surface area contributed by atoms with E-state index in [2.05, 4.69) is 0 Å². The summed E-state index contributed by atoms with van der Waals surface area (Å²) in [6.07, 6.45) is 0. The molecule has 0 unspecified atom stereocenters. The molecule has 0 N–H and O–H groups in total. The smallest absolute Gasteiger partial charge is 0.252 e. The number of carbonyl (C=O) groups is 1. The van der Waals surface area contributed by atoms with E-state index in [9.17, 15) is 13.2 Å². The lowest BCUT2D eigenvalue weighted by Crippen LogP contribution is -1.97. The van der Waals surface area contributed by atoms with Gasteiger partial charge in [-0.15, -0.1) is 0 Å². The molecule has 0 atom stereocenters. The maximum atomic E-state index is 10.7. The van der Waals surface area contributed by atoms with E-state index in [0.29, 0.717) is 5.56 Å². The highest BCUT2D eigenvalue weighted by atomic mass is 35.7. The quantitative estimate of drug-likeness (QED) is 0.775. The van der Waals surface area contributed by atoms with Crippen molar-refractivity contribution in [2.24, 2.45) is 0 Å². The van der Waals surface area contributed by atoms with E-state index in [0.717, 1.165) is 0 Å². The highest BCUT2D eigenvalue weighted by molar-refractivity contribution is 8.13. The first kappa shape index (κ1) is 11.5. The van der Waals surface area contributed by atoms with Crippen LogP contribution in [0.5, 0.6) is 0 Å². The average molecular weight is 253 g/mol. The van der Waals surface area contributed by atoms with Crippen LogP contribution in [0.25, 0.3) is 0 Å². The lowest BCUT2D eigenvalue weighted by atomic mass is 10.2. The molecule has 0 heterocycles. The topological polar surface area (TPSA) is 51.2 Å². The number of carbonyl (C=O) groups excluding carboxylic acids is 1. The summed E-state index contributed by atoms with van der Waals surface area (Å²) in [5.74, 6) is -0.313. The molecule has 1 aromatic rings. The molecule has 0 amide bonds. The molecule has 0 bridgehead atoms. The first-order valence-electron chi connectivity index (χ1n) is 3.59. The molecule has 76 valence electrons. The molecule has 0 aliphatic rings. The Morgan fingerprint density at radius 3 is 2.50 bits per heavy atom. The van der Waals surface area contributed by atoms with Crippen LogP contribution in [-0.2, 0) is 14.8 Å². The van der Waals surface area contributed by atoms with Crippen molar-refractivity contribution in [2.75, 3.05) is 0 Å². The Bertz CT molecular complexity index is 453. The molecule has 0 radical (unpaired) electrons. The molecular weight excluding hydrogens is 247 g/mol. The number of halogens is 2. The molecule has 1 rings (SSSR count). The maximum absolute atomic E-state index is 10.7. The first-order chi connectivity index (χ1) is 6.38. The predicted molar refractivity (Wildman–Crippen MR) is 55.1 cm³/mol. The van der Waals surface area contributed by atoms with Gasteiger partial charge in [-0.3, -0.25) is 4.79 Å². The van der Waals surface area contributed by atoms with Gasteiger partial charge in [0.05, 0.1) is 5.75 Å². The van der Waals surface area contributed by atoms with Crippen molar-refractivity contribution < 1.29 is 13.2 Å². The summed E-state index contributed by atoms with van der Waals surface area (Å²) in [5, 5.41) is -0.626. The SMILES string of the molecule is O=C(Cl)c1cccc(CS(=O)(=O)Cl)c1. The summed E-state index contributed by atoms with van der Waals surface area (Å²) in [7, 11) is 1.45. The van der Waals surface area contributed by atoms with Gasteiger partial charge >= 0.3 is 0 Å². The van der Waals surface area contributed by atoms with Gasteiger partial charge in [0.1, 0.15) is 0 Å². The number of hydrogen-bond acceptors (Lipinski definition) is 3. The second kappa shape index (κ2) is 4.29. The zero-order chi connectivity index (χ0) is 10.8. The van der Waals surface area contributed by atoms with Crippen LogP contribution >= 0.6 is 22.3 Å². The molecule has 0 saturated carbocycles. The van der Waals surface area contributed by atoms with Gasteiger partial charge in [-0.2, -0.15) is 0 Å². The average Bonchev–Trinajstić information content (AvgIpc) is 2.01. The van der Waals surface area contributed by atoms with Crippen molar-refractivity contribution in [1.82, 2.24) is 0 Å². The van der Waals surface area contributed by atoms with E-state index in [-0.39, 0.29) is 11.3 Å². The van der Waals surface area contributed by atoms with Crippen molar-refractivity contribution >= 4 is 36.6 Å². The van der Waals surface area contributed by atoms with Crippen molar-refractivity contribution in [2.45, 2.75) is 5.75 Å². The summed E-state index contributed by atoms with van der Waals surface area (Å²) >= 11 is 5.23. The number of rotatable bonds is 3. The van der Waals surface area contributed by atoms with E-state index in [1.165, 1.54) is 12.1 Å². The minimum absolute atomic E-state index is 0.254. The van der Waals surface area contributed by atoms with Crippen molar-refractivity contribution in [1.29, 1.82) is 0 Å². The lowest BCUT2D eigenvalue weighted by molar-refractivity contribution is 0.108. The Balaban J connectivity index is 3.01. The van der Waals surface area contributed by atoms with Gasteiger partial charge < -0.3 is 0 Å². The highest BCUT2D eigenvalue weighted by Gasteiger charge is 2.09. The van der Waals surface area contributed by atoms with Gasteiger partial charge in [-0.05, 0) is 23.2 Å². The zero-order valence-corrected chi connectivity index (χ0v) is 9.23. The zero-order valence-electron chi connectivity index (χ0n) is 6.91. The fourth-order valence-electron chi connectivity index (χ4n) is 0.982. The second-order valence-electron chi connectivity index (χ2n) is 2.66. The summed E-state index contributed by atoms with van der Waals surface area (Å²) < 4.78 is 21.5. The molecule has 1 aromatic carbocycles. The fourth-order valence-corrected chi connectivity index (χ4v) is 2.06. The summed E-state index contributed by atoms with van der Waals surface area (Å²) in [6.45, 7) is 0. The van der Waals surface area contributed by atoms with Crippen LogP contribution in [0.3, 0.4) is 0 Å². The third-order valence-electron chi connectivity index (χ3n) is 1.49. The van der Waals surface area contributed by atoms with Crippen molar-refractivity contribution in [3.05, 3.63) is 35.4 Å². The summed E-state index contributed by atoms with van der Waals surface area (Å²) in [4.78, 5) is 10.7. The summed E-state index contributed by atoms with van der Waals surface area (Å²) in [6, 6.07) is 6.01. The van der Waals surface area contributed by atoms with Crippen LogP contribution in [-0.4, -0.2) is 13.7 Å². The van der Waals surface area contributed by atoms with Gasteiger partial charge in [-0.1, -0.05) is 18.2 Å². The predicted octanol–water partition coefficient (Wildman–Crippen LogP) is 2.13. The van der Waals surface area contributed by atoms with E-state index in [4.69, 9.17) is 22.3 Å². The summed E-state index contributed by atoms with van der Waals surface area (Å²) in [5.41, 5.74) is 0.691. The standard InChI is InChI=1S/C8H6Cl2O3S/c9-8(11)7-3-1-2-6(4-7)5-14(10,12)13/h1-4H,5H2. The molecule has 0 fully saturated rings. The largest absolute Gasteiger partial charge is 0.276 e. The number of hydrogen-bond donors (Lipinski definition) is 0. The van der Waals surface area contributed by atoms with Crippen LogP contribution in [0, 0.1) is 0 Å². The Labute approximate surface area is 91.1 Å². The first-order valence-corrected chi connectivity index (χ1v) is 6.45. The third-order valence-corrected chi connectivity index (χ3v) is 2.72. The van der Waals surface area contributed by atoms with Gasteiger partial charge in [0.2, 0.25) is 9.05 Å². The van der Waals surface area contributed by atoms with E-state index < -0.39 is 14.3 Å². The molecule has 0 saturated heterocycles. The van der Waals surface area contributed by atoms with Crippen LogP contribution in [0.1, 0.15) is 15.9 Å². The van der Waals surface area contributed by atoms with Crippen molar-refractivity contribution in [3.8, 4) is 0 Å². The Hall–Kier alpha value is -0.580. The molecule has 0 aliphatic carbocycles. The van der Waals surface area contributed by atoms with E-state index in [1.54, 1.807) is 12.1 Å². The molecular formula is C8H6Cl2O3S. The van der Waals surface area contributed by atoms with Crippen molar-refractivity contribution in [3.63, 3.8) is 0 Å². The van der Waals surface area contributed by atoms with Crippen LogP contribution in [0.4, 0.5) is 0 Å². The minimum Gasteiger partial charge on any atom is -0.276 e. The molecule has 0 aromatic heterocycles. The molecule has 0 aliphatic heterocycles. The van der Waals surface area contributed by atoms with Crippen LogP contribution < -0.4 is 0 Å². The molecule has 0 spiro atoms. The number of benzene rings is 1. The monoisotopic (exact) mass is 252 g/mol. The highest BCUT2D eigenvalue weighted by Crippen LogP contribution is 2.13. The Morgan fingerprint density at radius 1 is 1.36 bits per heavy atom. The molecule has 3 nitrogen and oxygen atoms in total. The van der Waals surface area contributed by atoms with Crippen LogP contribution in [0.2, 0.25) is 0 Å². The van der Waals surface area contributed by atoms with E-state index >= 15 is 0 Å². The molecule has 6 heteroatoms. The van der Waals surface area contributed by atoms with Gasteiger partial charge in [0.15, 0.2) is 0 Å². The van der Waals surface area contributed by atoms with Gasteiger partial charge in [-0.25, -0.2) is 8.42 Å². The Morgan fingerprint density at radius 2 is 2.00 bits per heavy atom. The molecule has 14 heavy (non-hydrogen) atoms. The van der Waals surface area contributed by atoms with Gasteiger partial charge in [0.25, 0.3) is 5.24 Å². The fraction of sp³-hybridized carbons (Fsp3) is 0.125.